The second-order valence-electron chi connectivity index (χ2n) is 15.6. The molecule has 0 aromatic heterocycles. The highest BCUT2D eigenvalue weighted by atomic mass is 16.7. The van der Waals surface area contributed by atoms with Crippen LogP contribution in [0.4, 0.5) is 0 Å². The Morgan fingerprint density at radius 2 is 1.09 bits per heavy atom. The molecule has 21 heteroatoms. The van der Waals surface area contributed by atoms with Gasteiger partial charge >= 0.3 is 0 Å². The first-order chi connectivity index (χ1) is 26.2. The lowest BCUT2D eigenvalue weighted by molar-refractivity contribution is -0.350. The number of ether oxygens (including phenoxy) is 9. The Labute approximate surface area is 316 Å². The van der Waals surface area contributed by atoms with Gasteiger partial charge in [0, 0.05) is 26.6 Å². The normalized spacial score (nSPS) is 53.8. The van der Waals surface area contributed by atoms with E-state index in [1.165, 1.54) is 14.2 Å². The smallest absolute Gasteiger partial charge is 0.187 e. The van der Waals surface area contributed by atoms with Crippen molar-refractivity contribution in [1.29, 1.82) is 0 Å². The topological polar surface area (TPSA) is 326 Å². The van der Waals surface area contributed by atoms with Crippen molar-refractivity contribution < 1.29 is 104 Å². The number of methoxy groups -OCH3 is 2. The fourth-order valence-electron chi connectivity index (χ4n) is 8.83. The molecule has 4 aliphatic heterocycles. The Balaban J connectivity index is 1.23. The van der Waals surface area contributed by atoms with Crippen molar-refractivity contribution in [3.8, 4) is 0 Å². The standard InChI is InChI=1S/C34H58O21/c1-47-17-3-11(4-18(48-2)23(17)39)31-19(53-34-30(46)27(43)25(41)21(55-34)10-50-32-28(44)22(38)14(37)9-49-32)7-13-15(51-31)5-12(36)6-16(13)52-33-29(45)26(42)24(40)20(8-35)54-33/h11-46H,3-10H2,1-2H3/t11?,12?,13?,14-,15?,16?,17?,18?,19?,20-,21-,22-,23?,24-,25-,26-,27-,28-,29-,30-,31?,32-,33-,34-/m1/s1. The molecular formula is C34H58O21. The van der Waals surface area contributed by atoms with E-state index in [9.17, 15) is 61.3 Å². The minimum absolute atomic E-state index is 0.0394. The maximum atomic E-state index is 11.1. The Bertz CT molecular complexity index is 1190. The molecule has 6 fully saturated rings. The maximum absolute atomic E-state index is 11.1. The summed E-state index contributed by atoms with van der Waals surface area (Å²) >= 11 is 0. The largest absolute Gasteiger partial charge is 0.394 e. The van der Waals surface area contributed by atoms with Gasteiger partial charge in [0.2, 0.25) is 0 Å². The van der Waals surface area contributed by atoms with Gasteiger partial charge in [0.1, 0.15) is 73.2 Å². The fourth-order valence-corrected chi connectivity index (χ4v) is 8.83. The molecule has 8 unspecified atom stereocenters. The molecule has 6 rings (SSSR count). The molecule has 12 N–H and O–H groups in total. The van der Waals surface area contributed by atoms with Crippen LogP contribution in [0.25, 0.3) is 0 Å². The van der Waals surface area contributed by atoms with E-state index in [2.05, 4.69) is 0 Å². The highest BCUT2D eigenvalue weighted by molar-refractivity contribution is 5.02. The number of rotatable bonds is 11. The van der Waals surface area contributed by atoms with E-state index in [0.29, 0.717) is 12.8 Å². The van der Waals surface area contributed by atoms with Crippen molar-refractivity contribution >= 4 is 0 Å². The number of aliphatic hydroxyl groups is 12. The highest BCUT2D eigenvalue weighted by Gasteiger charge is 2.55. The predicted octanol–water partition coefficient (Wildman–Crippen LogP) is -6.45. The van der Waals surface area contributed by atoms with Gasteiger partial charge in [-0.15, -0.1) is 0 Å². The summed E-state index contributed by atoms with van der Waals surface area (Å²) in [5.41, 5.74) is 0. The summed E-state index contributed by atoms with van der Waals surface area (Å²) in [5.74, 6) is -0.972. The first-order valence-electron chi connectivity index (χ1n) is 18.8. The molecule has 21 nitrogen and oxygen atoms in total. The van der Waals surface area contributed by atoms with Crippen molar-refractivity contribution in [2.24, 2.45) is 11.8 Å². The zero-order valence-electron chi connectivity index (χ0n) is 30.6. The van der Waals surface area contributed by atoms with Crippen LogP contribution in [0, 0.1) is 11.8 Å². The Morgan fingerprint density at radius 3 is 1.69 bits per heavy atom. The lowest BCUT2D eigenvalue weighted by Crippen LogP contribution is -2.64. The predicted molar refractivity (Wildman–Crippen MR) is 176 cm³/mol. The van der Waals surface area contributed by atoms with Crippen molar-refractivity contribution in [2.45, 2.75) is 167 Å². The van der Waals surface area contributed by atoms with Gasteiger partial charge in [-0.05, 0) is 31.6 Å². The molecule has 2 saturated carbocycles. The van der Waals surface area contributed by atoms with Crippen LogP contribution in [0.5, 0.6) is 0 Å². The number of fused-ring (bicyclic) bond motifs is 1. The zero-order valence-corrected chi connectivity index (χ0v) is 30.6. The van der Waals surface area contributed by atoms with Gasteiger partial charge in [-0.2, -0.15) is 0 Å². The van der Waals surface area contributed by atoms with Crippen molar-refractivity contribution in [2.75, 3.05) is 34.0 Å². The second-order valence-corrected chi connectivity index (χ2v) is 15.6. The van der Waals surface area contributed by atoms with Crippen LogP contribution in [-0.4, -0.2) is 230 Å². The monoisotopic (exact) mass is 802 g/mol. The lowest BCUT2D eigenvalue weighted by atomic mass is 9.72. The number of aliphatic hydroxyl groups excluding tert-OH is 12. The minimum Gasteiger partial charge on any atom is -0.394 e. The molecule has 0 spiro atoms. The fraction of sp³-hybridized carbons (Fsp3) is 1.00. The minimum atomic E-state index is -1.81. The second kappa shape index (κ2) is 18.6. The van der Waals surface area contributed by atoms with Crippen LogP contribution in [0.3, 0.4) is 0 Å². The summed E-state index contributed by atoms with van der Waals surface area (Å²) in [4.78, 5) is 0. The lowest BCUT2D eigenvalue weighted by Gasteiger charge is -2.53. The third kappa shape index (κ3) is 9.17. The molecule has 4 saturated heterocycles. The van der Waals surface area contributed by atoms with E-state index < -0.39 is 160 Å². The van der Waals surface area contributed by atoms with Gasteiger partial charge < -0.3 is 104 Å². The van der Waals surface area contributed by atoms with Crippen LogP contribution < -0.4 is 0 Å². The average Bonchev–Trinajstić information content (AvgIpc) is 3.17. The van der Waals surface area contributed by atoms with Crippen molar-refractivity contribution in [1.82, 2.24) is 0 Å². The molecule has 0 bridgehead atoms. The first-order valence-corrected chi connectivity index (χ1v) is 18.8. The van der Waals surface area contributed by atoms with E-state index in [0.717, 1.165) is 0 Å². The summed E-state index contributed by atoms with van der Waals surface area (Å²) in [6.07, 6.45) is -27.6. The Morgan fingerprint density at radius 1 is 0.527 bits per heavy atom. The molecule has 55 heavy (non-hydrogen) atoms. The van der Waals surface area contributed by atoms with Gasteiger partial charge in [-0.25, -0.2) is 0 Å². The van der Waals surface area contributed by atoms with Crippen molar-refractivity contribution in [3.05, 3.63) is 0 Å². The van der Waals surface area contributed by atoms with E-state index in [4.69, 9.17) is 42.6 Å². The first kappa shape index (κ1) is 43.7. The third-order valence-electron chi connectivity index (χ3n) is 12.1. The van der Waals surface area contributed by atoms with Gasteiger partial charge in [0.25, 0.3) is 0 Å². The molecule has 6 aliphatic rings. The Kier molecular flexibility index (Phi) is 14.8. The van der Waals surface area contributed by atoms with E-state index >= 15 is 0 Å². The highest BCUT2D eigenvalue weighted by Crippen LogP contribution is 2.45. The summed E-state index contributed by atoms with van der Waals surface area (Å²) in [6.45, 7) is -1.54. The van der Waals surface area contributed by atoms with Crippen LogP contribution >= 0.6 is 0 Å². The van der Waals surface area contributed by atoms with Crippen molar-refractivity contribution in [3.63, 3.8) is 0 Å². The summed E-state index contributed by atoms with van der Waals surface area (Å²) in [5, 5.41) is 126. The van der Waals surface area contributed by atoms with Gasteiger partial charge in [-0.3, -0.25) is 0 Å². The molecular weight excluding hydrogens is 744 g/mol. The SMILES string of the molecule is COC1CC(C2OC3CC(O)CC(O[C@@H]4O[C@H](CO)[C@@H](O)[C@@H](O)[C@H]4O)C3CC2O[C@@H]2O[C@H](CO[C@H]3OC[C@@H](O)[C@@H](O)[C@H]3O)[C@@H](O)[C@@H](O)[C@H]2O)CC(OC)C1O. The zero-order chi connectivity index (χ0) is 39.9. The molecule has 0 radical (unpaired) electrons. The van der Waals surface area contributed by atoms with E-state index in [1.807, 2.05) is 0 Å². The van der Waals surface area contributed by atoms with Gasteiger partial charge in [0.15, 0.2) is 18.9 Å². The average molecular weight is 803 g/mol. The molecule has 22 atom stereocenters. The number of hydrogen-bond donors (Lipinski definition) is 12. The third-order valence-corrected chi connectivity index (χ3v) is 12.1. The molecule has 0 aromatic carbocycles. The van der Waals surface area contributed by atoms with E-state index in [1.54, 1.807) is 0 Å². The van der Waals surface area contributed by atoms with Gasteiger partial charge in [-0.1, -0.05) is 0 Å². The summed E-state index contributed by atoms with van der Waals surface area (Å²) in [6, 6.07) is 0. The molecule has 0 amide bonds. The van der Waals surface area contributed by atoms with Crippen LogP contribution in [0.1, 0.15) is 32.1 Å². The summed E-state index contributed by atoms with van der Waals surface area (Å²) in [7, 11) is 2.91. The quantitative estimate of drug-likeness (QED) is 0.0924. The van der Waals surface area contributed by atoms with Crippen LogP contribution in [0.2, 0.25) is 0 Å². The molecule has 320 valence electrons. The molecule has 2 aliphatic carbocycles. The van der Waals surface area contributed by atoms with Crippen LogP contribution in [0.15, 0.2) is 0 Å². The number of hydrogen-bond acceptors (Lipinski definition) is 21. The maximum Gasteiger partial charge on any atom is 0.187 e. The van der Waals surface area contributed by atoms with Gasteiger partial charge in [0.05, 0.1) is 62.5 Å². The van der Waals surface area contributed by atoms with Crippen LogP contribution in [-0.2, 0) is 42.6 Å². The van der Waals surface area contributed by atoms with E-state index in [-0.39, 0.29) is 25.9 Å². The molecule has 4 heterocycles. The Hall–Kier alpha value is -0.840. The summed E-state index contributed by atoms with van der Waals surface area (Å²) < 4.78 is 52.9. The molecule has 0 aromatic rings.